The van der Waals surface area contributed by atoms with Gasteiger partial charge in [0.05, 0.1) is 6.10 Å². The summed E-state index contributed by atoms with van der Waals surface area (Å²) < 4.78 is 50.4. The summed E-state index contributed by atoms with van der Waals surface area (Å²) in [6, 6.07) is 6.81. The summed E-state index contributed by atoms with van der Waals surface area (Å²) in [5, 5.41) is 0. The normalized spacial score (nSPS) is 15.9. The van der Waals surface area contributed by atoms with Crippen molar-refractivity contribution in [1.82, 2.24) is 0 Å². The van der Waals surface area contributed by atoms with Crippen molar-refractivity contribution in [3.8, 4) is 0 Å². The molecule has 0 heterocycles. The summed E-state index contributed by atoms with van der Waals surface area (Å²) in [5.74, 6) is -1.43. The van der Waals surface area contributed by atoms with E-state index in [0.717, 1.165) is 20.0 Å². The molecule has 1 aromatic carbocycles. The monoisotopic (exact) mass is 318 g/mol. The Hall–Kier alpha value is -1.56. The second kappa shape index (κ2) is 7.63. The van der Waals surface area contributed by atoms with Crippen molar-refractivity contribution in [2.24, 2.45) is 0 Å². The fourth-order valence-corrected chi connectivity index (χ4v) is 2.20. The Labute approximate surface area is 128 Å². The molecule has 1 rings (SSSR count). The highest BCUT2D eigenvalue weighted by Gasteiger charge is 2.64. The Kier molecular flexibility index (Phi) is 6.41. The third-order valence-electron chi connectivity index (χ3n) is 3.45. The lowest BCUT2D eigenvalue weighted by molar-refractivity contribution is -0.278. The van der Waals surface area contributed by atoms with E-state index in [1.54, 1.807) is 13.0 Å². The lowest BCUT2D eigenvalue weighted by Gasteiger charge is -2.33. The zero-order chi connectivity index (χ0) is 16.8. The van der Waals surface area contributed by atoms with E-state index >= 15 is 0 Å². The minimum Gasteiger partial charge on any atom is -0.460 e. The predicted molar refractivity (Wildman–Crippen MR) is 76.3 cm³/mol. The van der Waals surface area contributed by atoms with Gasteiger partial charge < -0.3 is 9.47 Å². The van der Waals surface area contributed by atoms with Crippen LogP contribution >= 0.6 is 0 Å². The third kappa shape index (κ3) is 3.80. The molecule has 6 heteroatoms. The van der Waals surface area contributed by atoms with Gasteiger partial charge in [0.15, 0.2) is 0 Å². The number of methoxy groups -OCH3 is 1. The van der Waals surface area contributed by atoms with Crippen LogP contribution in [0.15, 0.2) is 30.3 Å². The quantitative estimate of drug-likeness (QED) is 0.706. The van der Waals surface area contributed by atoms with Crippen LogP contribution in [0.25, 0.3) is 0 Å². The number of benzene rings is 1. The van der Waals surface area contributed by atoms with E-state index in [1.165, 1.54) is 24.3 Å². The molecule has 0 saturated heterocycles. The molecule has 22 heavy (non-hydrogen) atoms. The molecule has 2 atom stereocenters. The molecular formula is C16H21F3O3. The predicted octanol–water partition coefficient (Wildman–Crippen LogP) is 4.21. The average molecular weight is 318 g/mol. The molecule has 0 bridgehead atoms. The number of esters is 1. The molecule has 0 radical (unpaired) electrons. The molecule has 0 unspecified atom stereocenters. The first-order chi connectivity index (χ1) is 10.3. The number of hydrogen-bond acceptors (Lipinski definition) is 3. The lowest BCUT2D eigenvalue weighted by Crippen LogP contribution is -2.52. The lowest BCUT2D eigenvalue weighted by atomic mass is 9.92. The van der Waals surface area contributed by atoms with Crippen LogP contribution in [0.1, 0.15) is 38.7 Å². The number of ether oxygens (including phenoxy) is 2. The maximum Gasteiger partial charge on any atom is 0.432 e. The van der Waals surface area contributed by atoms with Crippen LogP contribution in [0.4, 0.5) is 13.2 Å². The first kappa shape index (κ1) is 18.5. The van der Waals surface area contributed by atoms with Gasteiger partial charge in [-0.2, -0.15) is 13.2 Å². The van der Waals surface area contributed by atoms with Gasteiger partial charge in [0, 0.05) is 12.7 Å². The van der Waals surface area contributed by atoms with E-state index < -0.39 is 23.9 Å². The van der Waals surface area contributed by atoms with Crippen LogP contribution < -0.4 is 0 Å². The Balaban J connectivity index is 3.14. The summed E-state index contributed by atoms with van der Waals surface area (Å²) in [7, 11) is 0.860. The first-order valence-corrected chi connectivity index (χ1v) is 7.18. The fourth-order valence-electron chi connectivity index (χ4n) is 2.20. The highest BCUT2D eigenvalue weighted by molar-refractivity contribution is 5.82. The van der Waals surface area contributed by atoms with Crippen molar-refractivity contribution in [1.29, 1.82) is 0 Å². The summed E-state index contributed by atoms with van der Waals surface area (Å²) in [6.45, 7) is 3.53. The van der Waals surface area contributed by atoms with Crippen molar-refractivity contribution in [2.45, 2.75) is 51.0 Å². The standard InChI is InChI=1S/C16H21F3O3/c1-4-5-9-12(2)22-14(20)15(21-3,16(17,18)19)13-10-7-6-8-11-13/h6-8,10-12H,4-5,9H2,1-3H3/t12-,15+/m1/s1. The zero-order valence-corrected chi connectivity index (χ0v) is 12.9. The molecule has 3 nitrogen and oxygen atoms in total. The molecule has 0 spiro atoms. The Morgan fingerprint density at radius 2 is 1.82 bits per heavy atom. The fraction of sp³-hybridized carbons (Fsp3) is 0.562. The molecule has 0 aromatic heterocycles. The second-order valence-electron chi connectivity index (χ2n) is 5.11. The minimum absolute atomic E-state index is 0.294. The molecule has 1 aromatic rings. The first-order valence-electron chi connectivity index (χ1n) is 7.18. The van der Waals surface area contributed by atoms with Crippen LogP contribution in [0.2, 0.25) is 0 Å². The van der Waals surface area contributed by atoms with Gasteiger partial charge in [0.25, 0.3) is 5.60 Å². The number of alkyl halides is 3. The van der Waals surface area contributed by atoms with Gasteiger partial charge in [-0.05, 0) is 13.3 Å². The van der Waals surface area contributed by atoms with Gasteiger partial charge >= 0.3 is 12.1 Å². The summed E-state index contributed by atoms with van der Waals surface area (Å²) in [5.41, 5.74) is -3.40. The van der Waals surface area contributed by atoms with Crippen LogP contribution in [0.5, 0.6) is 0 Å². The third-order valence-corrected chi connectivity index (χ3v) is 3.45. The Morgan fingerprint density at radius 1 is 1.23 bits per heavy atom. The number of carbonyl (C=O) groups is 1. The smallest absolute Gasteiger partial charge is 0.432 e. The van der Waals surface area contributed by atoms with Crippen LogP contribution in [0.3, 0.4) is 0 Å². The minimum atomic E-state index is -4.93. The molecular weight excluding hydrogens is 297 g/mol. The van der Waals surface area contributed by atoms with E-state index in [0.29, 0.717) is 6.42 Å². The van der Waals surface area contributed by atoms with E-state index in [4.69, 9.17) is 4.74 Å². The molecule has 0 amide bonds. The summed E-state index contributed by atoms with van der Waals surface area (Å²) in [6.07, 6.45) is -3.38. The van der Waals surface area contributed by atoms with E-state index in [9.17, 15) is 18.0 Å². The van der Waals surface area contributed by atoms with Gasteiger partial charge in [0.2, 0.25) is 0 Å². The maximum atomic E-state index is 13.6. The Bertz CT molecular complexity index is 473. The number of unbranched alkanes of at least 4 members (excludes halogenated alkanes) is 1. The van der Waals surface area contributed by atoms with Gasteiger partial charge in [-0.25, -0.2) is 4.79 Å². The molecule has 124 valence electrons. The van der Waals surface area contributed by atoms with E-state index in [2.05, 4.69) is 4.74 Å². The SMILES string of the molecule is CCCC[C@@H](C)OC(=O)[C@@](OC)(c1ccccc1)C(F)(F)F. The largest absolute Gasteiger partial charge is 0.460 e. The van der Waals surface area contributed by atoms with Gasteiger partial charge in [-0.1, -0.05) is 50.1 Å². The van der Waals surface area contributed by atoms with Crippen molar-refractivity contribution in [3.63, 3.8) is 0 Å². The molecule has 0 aliphatic rings. The van der Waals surface area contributed by atoms with E-state index in [-0.39, 0.29) is 5.56 Å². The van der Waals surface area contributed by atoms with Crippen molar-refractivity contribution in [3.05, 3.63) is 35.9 Å². The number of halogens is 3. The molecule has 0 saturated carbocycles. The van der Waals surface area contributed by atoms with Crippen LogP contribution in [-0.2, 0) is 19.9 Å². The summed E-state index contributed by atoms with van der Waals surface area (Å²) in [4.78, 5) is 12.2. The van der Waals surface area contributed by atoms with Crippen molar-refractivity contribution >= 4 is 5.97 Å². The van der Waals surface area contributed by atoms with Gasteiger partial charge in [-0.3, -0.25) is 0 Å². The number of rotatable bonds is 7. The average Bonchev–Trinajstić information content (AvgIpc) is 2.46. The molecule has 0 aliphatic carbocycles. The van der Waals surface area contributed by atoms with Crippen LogP contribution in [0, 0.1) is 0 Å². The molecule has 0 aliphatic heterocycles. The molecule has 0 fully saturated rings. The number of carbonyl (C=O) groups excluding carboxylic acids is 1. The summed E-state index contributed by atoms with van der Waals surface area (Å²) >= 11 is 0. The highest BCUT2D eigenvalue weighted by Crippen LogP contribution is 2.43. The maximum absolute atomic E-state index is 13.6. The topological polar surface area (TPSA) is 35.5 Å². The van der Waals surface area contributed by atoms with Gasteiger partial charge in [-0.15, -0.1) is 0 Å². The van der Waals surface area contributed by atoms with Crippen molar-refractivity contribution in [2.75, 3.05) is 7.11 Å². The highest BCUT2D eigenvalue weighted by atomic mass is 19.4. The van der Waals surface area contributed by atoms with Crippen molar-refractivity contribution < 1.29 is 27.4 Å². The second-order valence-corrected chi connectivity index (χ2v) is 5.11. The van der Waals surface area contributed by atoms with Gasteiger partial charge in [0.1, 0.15) is 0 Å². The number of hydrogen-bond donors (Lipinski definition) is 0. The molecule has 0 N–H and O–H groups in total. The van der Waals surface area contributed by atoms with E-state index in [1.807, 2.05) is 6.92 Å². The van der Waals surface area contributed by atoms with Crippen LogP contribution in [-0.4, -0.2) is 25.4 Å². The Morgan fingerprint density at radius 3 is 2.27 bits per heavy atom. The zero-order valence-electron chi connectivity index (χ0n) is 12.9.